The van der Waals surface area contributed by atoms with Crippen molar-refractivity contribution < 1.29 is 22.4 Å². The molecule has 0 aliphatic rings. The van der Waals surface area contributed by atoms with E-state index in [1.807, 2.05) is 0 Å². The number of nitrogens with two attached hydrogens (primary N) is 1. The van der Waals surface area contributed by atoms with E-state index in [1.54, 1.807) is 0 Å². The van der Waals surface area contributed by atoms with Crippen LogP contribution in [0.2, 0.25) is 0 Å². The Hall–Kier alpha value is -2.94. The van der Waals surface area contributed by atoms with Gasteiger partial charge in [-0.25, -0.2) is 17.6 Å². The molecular weight excluding hydrogens is 349 g/mol. The van der Waals surface area contributed by atoms with Gasteiger partial charge in [0.2, 0.25) is 5.91 Å². The maximum Gasteiger partial charge on any atom is 0.316 e. The largest absolute Gasteiger partial charge is 0.351 e. The number of benzene rings is 2. The summed E-state index contributed by atoms with van der Waals surface area (Å²) in [5, 5.41) is 3.46. The Kier molecular flexibility index (Phi) is 5.38. The molecule has 0 aliphatic carbocycles. The summed E-state index contributed by atoms with van der Waals surface area (Å²) < 4.78 is 37.7. The Balaban J connectivity index is 2.11. The molecule has 0 heterocycles. The standard InChI is InChI=1S/C16H16FN3O4S/c1-10(25(23,24)14-8-2-11(17)3-9-14)15(21)19-12-4-6-13(7-5-12)20-16(18)22/h2-10H,1H3,(H,19,21)(H3,18,20,22). The number of urea groups is 1. The molecule has 3 amide bonds. The molecule has 0 saturated heterocycles. The topological polar surface area (TPSA) is 118 Å². The summed E-state index contributed by atoms with van der Waals surface area (Å²) >= 11 is 0. The number of hydrogen-bond acceptors (Lipinski definition) is 4. The van der Waals surface area contributed by atoms with Gasteiger partial charge in [0.15, 0.2) is 9.84 Å². The molecular formula is C16H16FN3O4S. The van der Waals surface area contributed by atoms with Gasteiger partial charge in [0, 0.05) is 11.4 Å². The zero-order valence-corrected chi connectivity index (χ0v) is 14.0. The molecule has 1 unspecified atom stereocenters. The van der Waals surface area contributed by atoms with Gasteiger partial charge < -0.3 is 16.4 Å². The smallest absolute Gasteiger partial charge is 0.316 e. The molecule has 0 aromatic heterocycles. The lowest BCUT2D eigenvalue weighted by atomic mass is 10.2. The quantitative estimate of drug-likeness (QED) is 0.703. The average molecular weight is 365 g/mol. The van der Waals surface area contributed by atoms with Gasteiger partial charge in [-0.1, -0.05) is 0 Å². The number of carbonyl (C=O) groups is 2. The van der Waals surface area contributed by atoms with E-state index in [9.17, 15) is 22.4 Å². The highest BCUT2D eigenvalue weighted by molar-refractivity contribution is 7.92. The van der Waals surface area contributed by atoms with E-state index in [0.29, 0.717) is 11.4 Å². The molecule has 0 aliphatic heterocycles. The number of sulfone groups is 1. The first-order valence-electron chi connectivity index (χ1n) is 7.17. The Labute approximate surface area is 144 Å². The van der Waals surface area contributed by atoms with Crippen LogP contribution >= 0.6 is 0 Å². The fourth-order valence-electron chi connectivity index (χ4n) is 1.99. The minimum atomic E-state index is -3.95. The van der Waals surface area contributed by atoms with Crippen molar-refractivity contribution >= 4 is 33.2 Å². The summed E-state index contributed by atoms with van der Waals surface area (Å²) in [5.74, 6) is -1.30. The lowest BCUT2D eigenvalue weighted by Crippen LogP contribution is -2.32. The zero-order chi connectivity index (χ0) is 18.6. The molecule has 2 rings (SSSR count). The Bertz CT molecular complexity index is 881. The van der Waals surface area contributed by atoms with Crippen LogP contribution in [0.1, 0.15) is 6.92 Å². The number of rotatable bonds is 5. The summed E-state index contributed by atoms with van der Waals surface area (Å²) in [6.07, 6.45) is 0. The fourth-order valence-corrected chi connectivity index (χ4v) is 3.26. The second-order valence-electron chi connectivity index (χ2n) is 5.20. The van der Waals surface area contributed by atoms with Gasteiger partial charge in [-0.15, -0.1) is 0 Å². The highest BCUT2D eigenvalue weighted by Gasteiger charge is 2.29. The van der Waals surface area contributed by atoms with E-state index in [-0.39, 0.29) is 4.90 Å². The minimum absolute atomic E-state index is 0.141. The number of hydrogen-bond donors (Lipinski definition) is 3. The van der Waals surface area contributed by atoms with Crippen LogP contribution in [0.4, 0.5) is 20.6 Å². The van der Waals surface area contributed by atoms with Crippen molar-refractivity contribution in [2.24, 2.45) is 5.73 Å². The predicted octanol–water partition coefficient (Wildman–Crippen LogP) is 2.12. The molecule has 0 spiro atoms. The van der Waals surface area contributed by atoms with Crippen LogP contribution in [0.25, 0.3) is 0 Å². The SMILES string of the molecule is CC(C(=O)Nc1ccc(NC(N)=O)cc1)S(=O)(=O)c1ccc(F)cc1. The molecule has 132 valence electrons. The maximum atomic E-state index is 12.9. The van der Waals surface area contributed by atoms with E-state index in [1.165, 1.54) is 31.2 Å². The molecule has 2 aromatic carbocycles. The summed E-state index contributed by atoms with van der Waals surface area (Å²) in [6, 6.07) is 9.50. The Morgan fingerprint density at radius 1 is 0.960 bits per heavy atom. The molecule has 2 aromatic rings. The van der Waals surface area contributed by atoms with Crippen LogP contribution in [-0.4, -0.2) is 25.6 Å². The van der Waals surface area contributed by atoms with Crippen LogP contribution in [0.3, 0.4) is 0 Å². The van der Waals surface area contributed by atoms with Crippen LogP contribution in [-0.2, 0) is 14.6 Å². The molecule has 7 nitrogen and oxygen atoms in total. The van der Waals surface area contributed by atoms with Crippen LogP contribution < -0.4 is 16.4 Å². The van der Waals surface area contributed by atoms with Crippen LogP contribution in [0, 0.1) is 5.82 Å². The highest BCUT2D eigenvalue weighted by Crippen LogP contribution is 2.19. The van der Waals surface area contributed by atoms with Gasteiger partial charge in [-0.05, 0) is 55.5 Å². The molecule has 0 radical (unpaired) electrons. The third-order valence-electron chi connectivity index (χ3n) is 3.40. The van der Waals surface area contributed by atoms with Crippen molar-refractivity contribution in [3.8, 4) is 0 Å². The number of anilines is 2. The number of halogens is 1. The van der Waals surface area contributed by atoms with Crippen molar-refractivity contribution in [2.45, 2.75) is 17.1 Å². The summed E-state index contributed by atoms with van der Waals surface area (Å²) in [7, 11) is -3.95. The monoisotopic (exact) mass is 365 g/mol. The third kappa shape index (κ3) is 4.54. The lowest BCUT2D eigenvalue weighted by molar-refractivity contribution is -0.115. The summed E-state index contributed by atoms with van der Waals surface area (Å²) in [6.45, 7) is 1.25. The van der Waals surface area contributed by atoms with Crippen molar-refractivity contribution in [1.29, 1.82) is 0 Å². The second kappa shape index (κ2) is 7.31. The van der Waals surface area contributed by atoms with Gasteiger partial charge >= 0.3 is 6.03 Å². The maximum absolute atomic E-state index is 12.9. The first-order chi connectivity index (χ1) is 11.7. The predicted molar refractivity (Wildman–Crippen MR) is 91.3 cm³/mol. The molecule has 4 N–H and O–H groups in total. The Morgan fingerprint density at radius 3 is 1.92 bits per heavy atom. The molecule has 0 bridgehead atoms. The van der Waals surface area contributed by atoms with E-state index < -0.39 is 32.8 Å². The average Bonchev–Trinajstić information content (AvgIpc) is 2.55. The normalized spacial score (nSPS) is 12.2. The molecule has 0 fully saturated rings. The van der Waals surface area contributed by atoms with Crippen molar-refractivity contribution in [2.75, 3.05) is 10.6 Å². The van der Waals surface area contributed by atoms with Crippen LogP contribution in [0.15, 0.2) is 53.4 Å². The van der Waals surface area contributed by atoms with Gasteiger partial charge in [-0.2, -0.15) is 0 Å². The third-order valence-corrected chi connectivity index (χ3v) is 5.47. The Morgan fingerprint density at radius 2 is 1.44 bits per heavy atom. The molecule has 25 heavy (non-hydrogen) atoms. The van der Waals surface area contributed by atoms with Crippen molar-refractivity contribution in [1.82, 2.24) is 0 Å². The van der Waals surface area contributed by atoms with E-state index in [4.69, 9.17) is 5.73 Å². The minimum Gasteiger partial charge on any atom is -0.351 e. The second-order valence-corrected chi connectivity index (χ2v) is 7.47. The first kappa shape index (κ1) is 18.4. The zero-order valence-electron chi connectivity index (χ0n) is 13.2. The van der Waals surface area contributed by atoms with E-state index in [2.05, 4.69) is 10.6 Å². The number of primary amides is 1. The fraction of sp³-hybridized carbons (Fsp3) is 0.125. The van der Waals surface area contributed by atoms with Crippen molar-refractivity contribution in [3.05, 3.63) is 54.3 Å². The van der Waals surface area contributed by atoms with Crippen LogP contribution in [0.5, 0.6) is 0 Å². The van der Waals surface area contributed by atoms with Crippen molar-refractivity contribution in [3.63, 3.8) is 0 Å². The highest BCUT2D eigenvalue weighted by atomic mass is 32.2. The van der Waals surface area contributed by atoms with E-state index >= 15 is 0 Å². The summed E-state index contributed by atoms with van der Waals surface area (Å²) in [5.41, 5.74) is 5.76. The van der Waals surface area contributed by atoms with Gasteiger partial charge in [0.1, 0.15) is 11.1 Å². The molecule has 0 saturated carbocycles. The first-order valence-corrected chi connectivity index (χ1v) is 8.71. The molecule has 1 atom stereocenters. The number of amides is 3. The van der Waals surface area contributed by atoms with E-state index in [0.717, 1.165) is 24.3 Å². The number of nitrogens with one attached hydrogen (secondary N) is 2. The molecule has 9 heteroatoms. The van der Waals surface area contributed by atoms with Gasteiger partial charge in [0.25, 0.3) is 0 Å². The van der Waals surface area contributed by atoms with Gasteiger partial charge in [-0.3, -0.25) is 4.79 Å². The van der Waals surface area contributed by atoms with Gasteiger partial charge in [0.05, 0.1) is 4.90 Å². The number of carbonyl (C=O) groups excluding carboxylic acids is 2. The lowest BCUT2D eigenvalue weighted by Gasteiger charge is -2.14. The summed E-state index contributed by atoms with van der Waals surface area (Å²) in [4.78, 5) is 22.8.